The van der Waals surface area contributed by atoms with Crippen molar-refractivity contribution in [2.24, 2.45) is 0 Å². The first-order valence-electron chi connectivity index (χ1n) is 8.55. The fraction of sp³-hybridized carbons (Fsp3) is 0.300. The molecule has 2 heterocycles. The van der Waals surface area contributed by atoms with Gasteiger partial charge in [0.15, 0.2) is 0 Å². The van der Waals surface area contributed by atoms with Gasteiger partial charge >= 0.3 is 0 Å². The number of amides is 1. The van der Waals surface area contributed by atoms with Crippen LogP contribution < -0.4 is 0 Å². The standard InChI is InChI=1S/C20H19ClFN3O2/c1-13-9-15(10-16(12-23)20(26)24-5-7-27-8-6-24)14(2)25(13)17-3-4-19(22)18(21)11-17/h3-4,9-11H,5-8H2,1-2H3/b16-10+. The number of nitriles is 1. The van der Waals surface area contributed by atoms with Crippen LogP contribution in [0, 0.1) is 31.0 Å². The molecule has 1 saturated heterocycles. The number of hydrogen-bond acceptors (Lipinski definition) is 3. The molecule has 2 aromatic rings. The van der Waals surface area contributed by atoms with Crippen molar-refractivity contribution in [1.82, 2.24) is 9.47 Å². The van der Waals surface area contributed by atoms with Crippen molar-refractivity contribution in [3.63, 3.8) is 0 Å². The summed E-state index contributed by atoms with van der Waals surface area (Å²) in [5.74, 6) is -0.777. The Labute approximate surface area is 162 Å². The third kappa shape index (κ3) is 3.90. The van der Waals surface area contributed by atoms with Gasteiger partial charge < -0.3 is 14.2 Å². The van der Waals surface area contributed by atoms with Crippen LogP contribution in [0.2, 0.25) is 5.02 Å². The van der Waals surface area contributed by atoms with E-state index in [-0.39, 0.29) is 16.5 Å². The molecule has 5 nitrogen and oxygen atoms in total. The summed E-state index contributed by atoms with van der Waals surface area (Å²) in [5.41, 5.74) is 3.27. The average molecular weight is 388 g/mol. The van der Waals surface area contributed by atoms with Crippen molar-refractivity contribution in [2.75, 3.05) is 26.3 Å². The van der Waals surface area contributed by atoms with Gasteiger partial charge in [0, 0.05) is 30.2 Å². The van der Waals surface area contributed by atoms with Crippen LogP contribution in [0.25, 0.3) is 11.8 Å². The lowest BCUT2D eigenvalue weighted by Crippen LogP contribution is -2.41. The first-order chi connectivity index (χ1) is 12.9. The molecule has 0 unspecified atom stereocenters. The van der Waals surface area contributed by atoms with Gasteiger partial charge in [-0.15, -0.1) is 0 Å². The number of aryl methyl sites for hydroxylation is 1. The van der Waals surface area contributed by atoms with Crippen LogP contribution in [-0.4, -0.2) is 41.7 Å². The molecule has 7 heteroatoms. The zero-order valence-electron chi connectivity index (χ0n) is 15.1. The van der Waals surface area contributed by atoms with E-state index in [0.29, 0.717) is 32.0 Å². The quantitative estimate of drug-likeness (QED) is 0.596. The highest BCUT2D eigenvalue weighted by atomic mass is 35.5. The second-order valence-corrected chi connectivity index (χ2v) is 6.74. The smallest absolute Gasteiger partial charge is 0.264 e. The lowest BCUT2D eigenvalue weighted by atomic mass is 10.1. The summed E-state index contributed by atoms with van der Waals surface area (Å²) in [7, 11) is 0. The van der Waals surface area contributed by atoms with Crippen molar-refractivity contribution in [3.05, 3.63) is 57.6 Å². The van der Waals surface area contributed by atoms with Crippen LogP contribution in [0.5, 0.6) is 0 Å². The number of morpholine rings is 1. The molecule has 0 radical (unpaired) electrons. The SMILES string of the molecule is Cc1cc(/C=C(\C#N)C(=O)N2CCOCC2)c(C)n1-c1ccc(F)c(Cl)c1. The van der Waals surface area contributed by atoms with Gasteiger partial charge in [-0.2, -0.15) is 5.26 Å². The highest BCUT2D eigenvalue weighted by Gasteiger charge is 2.21. The third-order valence-electron chi connectivity index (χ3n) is 4.58. The fourth-order valence-corrected chi connectivity index (χ4v) is 3.36. The second-order valence-electron chi connectivity index (χ2n) is 6.33. The fourth-order valence-electron chi connectivity index (χ4n) is 3.19. The molecule has 0 bridgehead atoms. The predicted octanol–water partition coefficient (Wildman–Crippen LogP) is 3.65. The van der Waals surface area contributed by atoms with Crippen LogP contribution in [0.4, 0.5) is 4.39 Å². The molecule has 140 valence electrons. The maximum Gasteiger partial charge on any atom is 0.264 e. The Morgan fingerprint density at radius 3 is 2.63 bits per heavy atom. The van der Waals surface area contributed by atoms with Gasteiger partial charge in [0.05, 0.1) is 18.2 Å². The molecular weight excluding hydrogens is 369 g/mol. The second kappa shape index (κ2) is 7.95. The van der Waals surface area contributed by atoms with Crippen LogP contribution in [0.3, 0.4) is 0 Å². The number of carbonyl (C=O) groups is 1. The molecule has 1 aromatic carbocycles. The Bertz CT molecular complexity index is 953. The van der Waals surface area contributed by atoms with Crippen LogP contribution in [0.15, 0.2) is 29.8 Å². The minimum atomic E-state index is -0.481. The Morgan fingerprint density at radius 2 is 2.00 bits per heavy atom. The lowest BCUT2D eigenvalue weighted by Gasteiger charge is -2.26. The summed E-state index contributed by atoms with van der Waals surface area (Å²) in [5, 5.41) is 9.52. The van der Waals surface area contributed by atoms with Crippen LogP contribution >= 0.6 is 11.6 Å². The van der Waals surface area contributed by atoms with E-state index in [2.05, 4.69) is 0 Å². The molecule has 0 atom stereocenters. The normalized spacial score (nSPS) is 14.9. The summed E-state index contributed by atoms with van der Waals surface area (Å²) in [6.07, 6.45) is 1.60. The first-order valence-corrected chi connectivity index (χ1v) is 8.93. The van der Waals surface area contributed by atoms with E-state index < -0.39 is 5.82 Å². The monoisotopic (exact) mass is 387 g/mol. The number of hydrogen-bond donors (Lipinski definition) is 0. The molecule has 1 aromatic heterocycles. The molecule has 0 N–H and O–H groups in total. The Kier molecular flexibility index (Phi) is 5.64. The molecule has 27 heavy (non-hydrogen) atoms. The molecule has 1 fully saturated rings. The van der Waals surface area contributed by atoms with E-state index in [9.17, 15) is 14.4 Å². The number of ether oxygens (including phenoxy) is 1. The zero-order valence-corrected chi connectivity index (χ0v) is 15.9. The summed E-state index contributed by atoms with van der Waals surface area (Å²) in [6.45, 7) is 5.69. The zero-order chi connectivity index (χ0) is 19.6. The molecule has 0 spiro atoms. The van der Waals surface area contributed by atoms with Gasteiger partial charge in [-0.3, -0.25) is 4.79 Å². The maximum atomic E-state index is 13.5. The molecule has 1 aliphatic heterocycles. The van der Waals surface area contributed by atoms with Gasteiger partial charge in [-0.05, 0) is 49.8 Å². The van der Waals surface area contributed by atoms with Gasteiger partial charge in [0.1, 0.15) is 17.5 Å². The Balaban J connectivity index is 1.97. The van der Waals surface area contributed by atoms with Crippen molar-refractivity contribution in [2.45, 2.75) is 13.8 Å². The lowest BCUT2D eigenvalue weighted by molar-refractivity contribution is -0.130. The number of nitrogens with zero attached hydrogens (tertiary/aromatic N) is 3. The summed E-state index contributed by atoms with van der Waals surface area (Å²) in [6, 6.07) is 8.40. The molecule has 1 aliphatic rings. The molecule has 3 rings (SSSR count). The van der Waals surface area contributed by atoms with E-state index in [4.69, 9.17) is 16.3 Å². The third-order valence-corrected chi connectivity index (χ3v) is 4.87. The number of carbonyl (C=O) groups excluding carboxylic acids is 1. The molecule has 0 aliphatic carbocycles. The summed E-state index contributed by atoms with van der Waals surface area (Å²) >= 11 is 5.91. The maximum absolute atomic E-state index is 13.5. The van der Waals surface area contributed by atoms with Crippen LogP contribution in [0.1, 0.15) is 17.0 Å². The van der Waals surface area contributed by atoms with Crippen molar-refractivity contribution in [1.29, 1.82) is 5.26 Å². The van der Waals surface area contributed by atoms with E-state index >= 15 is 0 Å². The van der Waals surface area contributed by atoms with E-state index in [1.54, 1.807) is 23.1 Å². The van der Waals surface area contributed by atoms with Crippen molar-refractivity contribution < 1.29 is 13.9 Å². The van der Waals surface area contributed by atoms with Gasteiger partial charge in [0.25, 0.3) is 5.91 Å². The van der Waals surface area contributed by atoms with Crippen molar-refractivity contribution >= 4 is 23.6 Å². The minimum Gasteiger partial charge on any atom is -0.378 e. The number of benzene rings is 1. The molecule has 0 saturated carbocycles. The largest absolute Gasteiger partial charge is 0.378 e. The van der Waals surface area contributed by atoms with Gasteiger partial charge in [0.2, 0.25) is 0 Å². The number of rotatable bonds is 3. The highest BCUT2D eigenvalue weighted by Crippen LogP contribution is 2.26. The summed E-state index contributed by atoms with van der Waals surface area (Å²) < 4.78 is 20.6. The predicted molar refractivity (Wildman–Crippen MR) is 101 cm³/mol. The number of halogens is 2. The van der Waals surface area contributed by atoms with Crippen LogP contribution in [-0.2, 0) is 9.53 Å². The van der Waals surface area contributed by atoms with E-state index in [1.807, 2.05) is 30.6 Å². The topological polar surface area (TPSA) is 58.3 Å². The molecule has 1 amide bonds. The van der Waals surface area contributed by atoms with Gasteiger partial charge in [-0.25, -0.2) is 4.39 Å². The highest BCUT2D eigenvalue weighted by molar-refractivity contribution is 6.30. The summed E-state index contributed by atoms with van der Waals surface area (Å²) in [4.78, 5) is 14.2. The van der Waals surface area contributed by atoms with Crippen molar-refractivity contribution in [3.8, 4) is 11.8 Å². The van der Waals surface area contributed by atoms with E-state index in [0.717, 1.165) is 17.0 Å². The Morgan fingerprint density at radius 1 is 1.30 bits per heavy atom. The van der Waals surface area contributed by atoms with Gasteiger partial charge in [-0.1, -0.05) is 11.6 Å². The Hall–Kier alpha value is -2.62. The average Bonchev–Trinajstić information content (AvgIpc) is 2.95. The van der Waals surface area contributed by atoms with E-state index in [1.165, 1.54) is 6.07 Å². The number of aromatic nitrogens is 1. The molecular formula is C20H19ClFN3O2. The minimum absolute atomic E-state index is 0.0392. The first kappa shape index (κ1) is 19.2.